The predicted octanol–water partition coefficient (Wildman–Crippen LogP) is 5.02. The smallest absolute Gasteiger partial charge is 0.416 e. The van der Waals surface area contributed by atoms with Crippen molar-refractivity contribution >= 4 is 17.5 Å². The van der Waals surface area contributed by atoms with Crippen molar-refractivity contribution in [1.29, 1.82) is 0 Å². The molecule has 2 heterocycles. The van der Waals surface area contributed by atoms with Gasteiger partial charge in [0.2, 0.25) is 5.95 Å². The molecule has 1 aromatic carbocycles. The van der Waals surface area contributed by atoms with Gasteiger partial charge in [0, 0.05) is 35.1 Å². The topological polar surface area (TPSA) is 51.0 Å². The van der Waals surface area contributed by atoms with Gasteiger partial charge in [-0.05, 0) is 29.8 Å². The lowest BCUT2D eigenvalue weighted by molar-refractivity contribution is -0.137. The van der Waals surface area contributed by atoms with Crippen LogP contribution >= 0.6 is 11.6 Å². The van der Waals surface area contributed by atoms with E-state index in [0.29, 0.717) is 11.5 Å². The van der Waals surface area contributed by atoms with Gasteiger partial charge >= 0.3 is 6.18 Å². The highest BCUT2D eigenvalue weighted by Crippen LogP contribution is 2.32. The van der Waals surface area contributed by atoms with Crippen LogP contribution in [0.1, 0.15) is 11.1 Å². The summed E-state index contributed by atoms with van der Waals surface area (Å²) < 4.78 is 43.3. The van der Waals surface area contributed by atoms with E-state index >= 15 is 0 Å². The van der Waals surface area contributed by atoms with Gasteiger partial charge in [0.1, 0.15) is 0 Å². The molecule has 0 atom stereocenters. The lowest BCUT2D eigenvalue weighted by Gasteiger charge is -2.10. The van der Waals surface area contributed by atoms with E-state index in [1.165, 1.54) is 6.07 Å². The second kappa shape index (κ2) is 6.52. The van der Waals surface area contributed by atoms with Gasteiger partial charge in [-0.2, -0.15) is 13.2 Å². The number of alkyl halides is 3. The molecule has 2 aromatic heterocycles. The molecule has 4 nitrogen and oxygen atoms in total. The zero-order chi connectivity index (χ0) is 17.2. The molecule has 3 aromatic rings. The van der Waals surface area contributed by atoms with Crippen molar-refractivity contribution in [2.24, 2.45) is 0 Å². The highest BCUT2D eigenvalue weighted by molar-refractivity contribution is 6.30. The number of hydrogen-bond donors (Lipinski definition) is 1. The summed E-state index contributed by atoms with van der Waals surface area (Å²) in [4.78, 5) is 8.25. The number of hydrogen-bond acceptors (Lipinski definition) is 4. The Morgan fingerprint density at radius 2 is 1.83 bits per heavy atom. The molecular formula is C16H11ClF3N3O. The summed E-state index contributed by atoms with van der Waals surface area (Å²) in [6, 6.07) is 5.17. The minimum atomic E-state index is -4.44. The number of nitrogens with zero attached hydrogens (tertiary/aromatic N) is 2. The van der Waals surface area contributed by atoms with Crippen molar-refractivity contribution in [3.8, 4) is 11.1 Å². The summed E-state index contributed by atoms with van der Waals surface area (Å²) >= 11 is 5.75. The van der Waals surface area contributed by atoms with E-state index in [2.05, 4.69) is 15.3 Å². The maximum atomic E-state index is 12.8. The average molecular weight is 354 g/mol. The fourth-order valence-electron chi connectivity index (χ4n) is 2.09. The quantitative estimate of drug-likeness (QED) is 0.715. The van der Waals surface area contributed by atoms with E-state index < -0.39 is 11.7 Å². The van der Waals surface area contributed by atoms with Gasteiger partial charge in [0.25, 0.3) is 0 Å². The van der Waals surface area contributed by atoms with Crippen LogP contribution in [0.2, 0.25) is 5.02 Å². The molecule has 0 radical (unpaired) electrons. The first kappa shape index (κ1) is 16.3. The monoisotopic (exact) mass is 353 g/mol. The minimum absolute atomic E-state index is 0.0258. The maximum Gasteiger partial charge on any atom is 0.416 e. The molecule has 0 fully saturated rings. The minimum Gasteiger partial charge on any atom is -0.472 e. The summed E-state index contributed by atoms with van der Waals surface area (Å²) in [6.45, 7) is 0.120. The molecule has 0 amide bonds. The van der Waals surface area contributed by atoms with Crippen LogP contribution in [-0.4, -0.2) is 9.97 Å². The number of anilines is 1. The first-order chi connectivity index (χ1) is 11.4. The second-order valence-electron chi connectivity index (χ2n) is 5.01. The third-order valence-electron chi connectivity index (χ3n) is 3.24. The van der Waals surface area contributed by atoms with E-state index in [-0.39, 0.29) is 11.6 Å². The van der Waals surface area contributed by atoms with Gasteiger partial charge in [-0.3, -0.25) is 0 Å². The molecule has 0 unspecified atom stereocenters. The van der Waals surface area contributed by atoms with Gasteiger partial charge < -0.3 is 9.73 Å². The highest BCUT2D eigenvalue weighted by Gasteiger charge is 2.31. The molecule has 3 rings (SSSR count). The first-order valence-electron chi connectivity index (χ1n) is 6.87. The summed E-state index contributed by atoms with van der Waals surface area (Å²) in [7, 11) is 0. The Labute approximate surface area is 140 Å². The van der Waals surface area contributed by atoms with E-state index in [4.69, 9.17) is 16.0 Å². The van der Waals surface area contributed by atoms with Gasteiger partial charge in [-0.1, -0.05) is 11.6 Å². The van der Waals surface area contributed by atoms with Crippen LogP contribution in [0.3, 0.4) is 0 Å². The average Bonchev–Trinajstić information content (AvgIpc) is 3.06. The zero-order valence-electron chi connectivity index (χ0n) is 12.1. The molecule has 8 heteroatoms. The summed E-state index contributed by atoms with van der Waals surface area (Å²) in [6.07, 6.45) is 1.86. The number of benzene rings is 1. The Morgan fingerprint density at radius 1 is 1.08 bits per heavy atom. The molecule has 0 aliphatic carbocycles. The van der Waals surface area contributed by atoms with E-state index in [9.17, 15) is 13.2 Å². The molecule has 0 aliphatic rings. The molecule has 124 valence electrons. The summed E-state index contributed by atoms with van der Waals surface area (Å²) in [5.41, 5.74) is 1.21. The van der Waals surface area contributed by atoms with Crippen LogP contribution in [-0.2, 0) is 12.7 Å². The molecule has 0 bridgehead atoms. The molecule has 0 aliphatic heterocycles. The Morgan fingerprint density at radius 3 is 2.46 bits per heavy atom. The third-order valence-corrected chi connectivity index (χ3v) is 3.46. The van der Waals surface area contributed by atoms with Crippen molar-refractivity contribution < 1.29 is 17.6 Å². The molecule has 24 heavy (non-hydrogen) atoms. The van der Waals surface area contributed by atoms with Gasteiger partial charge in [0.15, 0.2) is 0 Å². The molecule has 1 N–H and O–H groups in total. The number of rotatable bonds is 4. The lowest BCUT2D eigenvalue weighted by atomic mass is 10.1. The fourth-order valence-corrected chi connectivity index (χ4v) is 2.35. The maximum absolute atomic E-state index is 12.8. The Kier molecular flexibility index (Phi) is 4.44. The van der Waals surface area contributed by atoms with Crippen LogP contribution in [0, 0.1) is 0 Å². The van der Waals surface area contributed by atoms with Gasteiger partial charge in [-0.15, -0.1) is 0 Å². The number of aromatic nitrogens is 2. The van der Waals surface area contributed by atoms with E-state index in [1.54, 1.807) is 31.0 Å². The van der Waals surface area contributed by atoms with Crippen LogP contribution in [0.4, 0.5) is 19.1 Å². The number of halogens is 4. The van der Waals surface area contributed by atoms with Crippen molar-refractivity contribution in [2.75, 3.05) is 5.32 Å². The number of furan rings is 1. The summed E-state index contributed by atoms with van der Waals surface area (Å²) in [5, 5.41) is 2.89. The fraction of sp³-hybridized carbons (Fsp3) is 0.125. The van der Waals surface area contributed by atoms with E-state index in [1.807, 2.05) is 0 Å². The molecule has 0 saturated heterocycles. The molecular weight excluding hydrogens is 343 g/mol. The Balaban J connectivity index is 1.71. The van der Waals surface area contributed by atoms with Crippen molar-refractivity contribution in [3.05, 3.63) is 65.3 Å². The first-order valence-corrected chi connectivity index (χ1v) is 7.25. The number of nitrogens with one attached hydrogen (secondary N) is 1. The molecule has 0 spiro atoms. The largest absolute Gasteiger partial charge is 0.472 e. The van der Waals surface area contributed by atoms with Crippen molar-refractivity contribution in [2.45, 2.75) is 12.7 Å². The molecule has 0 saturated carbocycles. The van der Waals surface area contributed by atoms with Crippen LogP contribution in [0.5, 0.6) is 0 Å². The van der Waals surface area contributed by atoms with Crippen LogP contribution in [0.25, 0.3) is 11.1 Å². The second-order valence-corrected chi connectivity index (χ2v) is 5.44. The zero-order valence-corrected chi connectivity index (χ0v) is 12.9. The van der Waals surface area contributed by atoms with E-state index in [0.717, 1.165) is 23.3 Å². The highest BCUT2D eigenvalue weighted by atomic mass is 35.5. The van der Waals surface area contributed by atoms with Gasteiger partial charge in [-0.25, -0.2) is 9.97 Å². The third kappa shape index (κ3) is 3.86. The van der Waals surface area contributed by atoms with Crippen LogP contribution < -0.4 is 5.32 Å². The lowest BCUT2D eigenvalue weighted by Crippen LogP contribution is -2.08. The van der Waals surface area contributed by atoms with Crippen molar-refractivity contribution in [1.82, 2.24) is 9.97 Å². The van der Waals surface area contributed by atoms with Crippen molar-refractivity contribution in [3.63, 3.8) is 0 Å². The predicted molar refractivity (Wildman–Crippen MR) is 83.5 cm³/mol. The SMILES string of the molecule is FC(F)(F)c1cc(Cl)cc(CNc2ncc(-c3ccoc3)cn2)c1. The van der Waals surface area contributed by atoms with Crippen LogP contribution in [0.15, 0.2) is 53.6 Å². The standard InChI is InChI=1S/C16H11ClF3N3O/c17-14-4-10(3-13(5-14)16(18,19)20)6-21-15-22-7-12(8-23-15)11-1-2-24-9-11/h1-5,7-9H,6H2,(H,21,22,23). The normalized spacial score (nSPS) is 11.5. The van der Waals surface area contributed by atoms with Gasteiger partial charge in [0.05, 0.1) is 18.1 Å². The summed E-state index contributed by atoms with van der Waals surface area (Å²) in [5.74, 6) is 0.302. The Bertz CT molecular complexity index is 818. The Hall–Kier alpha value is -2.54.